The van der Waals surface area contributed by atoms with Crippen LogP contribution in [0.25, 0.3) is 0 Å². The van der Waals surface area contributed by atoms with Gasteiger partial charge in [-0.1, -0.05) is 11.3 Å². The highest BCUT2D eigenvalue weighted by atomic mass is 32.2. The van der Waals surface area contributed by atoms with E-state index in [1.54, 1.807) is 15.9 Å². The van der Waals surface area contributed by atoms with Crippen molar-refractivity contribution in [3.05, 3.63) is 27.1 Å². The molecule has 0 aliphatic carbocycles. The molecule has 1 atom stereocenters. The molecule has 2 aromatic heterocycles. The Morgan fingerprint density at radius 3 is 2.39 bits per heavy atom. The zero-order valence-electron chi connectivity index (χ0n) is 16.0. The second-order valence-corrected chi connectivity index (χ2v) is 11.8. The largest absolute Gasteiger partial charge is 0.445 e. The lowest BCUT2D eigenvalue weighted by Gasteiger charge is -2.42. The van der Waals surface area contributed by atoms with Gasteiger partial charge in [-0.15, -0.1) is 21.5 Å². The number of piperazine rings is 1. The molecule has 14 heteroatoms. The fourth-order valence-corrected chi connectivity index (χ4v) is 6.87. The molecule has 0 N–H and O–H groups in total. The molecule has 2 fully saturated rings. The topological polar surface area (TPSA) is 83.5 Å². The highest BCUT2D eigenvalue weighted by Gasteiger charge is 2.40. The normalized spacial score (nSPS) is 22.6. The van der Waals surface area contributed by atoms with E-state index in [0.29, 0.717) is 16.2 Å². The molecule has 4 heterocycles. The van der Waals surface area contributed by atoms with Crippen LogP contribution < -0.4 is 4.90 Å². The lowest BCUT2D eigenvalue weighted by molar-refractivity contribution is -0.139. The minimum atomic E-state index is -4.59. The second kappa shape index (κ2) is 8.28. The number of nitrogens with zero attached hydrogens (tertiary/aromatic N) is 4. The zero-order chi connectivity index (χ0) is 22.4. The first-order valence-electron chi connectivity index (χ1n) is 9.45. The molecule has 1 unspecified atom stereocenters. The number of aromatic nitrogens is 2. The number of amides is 1. The number of carbonyl (C=O) groups is 1. The monoisotopic (exact) mass is 498 g/mol. The second-order valence-electron chi connectivity index (χ2n) is 7.45. The number of anilines is 1. The molecule has 2 aromatic rings. The number of alkyl halides is 3. The summed E-state index contributed by atoms with van der Waals surface area (Å²) in [5, 5.41) is 5.47. The van der Waals surface area contributed by atoms with Crippen LogP contribution in [0.3, 0.4) is 0 Å². The molecule has 0 saturated carbocycles. The molecule has 0 spiro atoms. The maximum Gasteiger partial charge on any atom is 0.445 e. The van der Waals surface area contributed by atoms with E-state index in [0.717, 1.165) is 11.3 Å². The molecule has 4 rings (SSSR count). The molecule has 0 radical (unpaired) electrons. The minimum Gasteiger partial charge on any atom is -0.342 e. The van der Waals surface area contributed by atoms with Crippen molar-refractivity contribution >= 4 is 43.5 Å². The third kappa shape index (κ3) is 4.85. The fourth-order valence-electron chi connectivity index (χ4n) is 3.80. The smallest absolute Gasteiger partial charge is 0.342 e. The van der Waals surface area contributed by atoms with Gasteiger partial charge in [-0.25, -0.2) is 8.42 Å². The molecule has 1 amide bonds. The van der Waals surface area contributed by atoms with Crippen molar-refractivity contribution in [2.45, 2.75) is 25.1 Å². The van der Waals surface area contributed by atoms with Crippen LogP contribution in [0.1, 0.15) is 28.8 Å². The van der Waals surface area contributed by atoms with E-state index < -0.39 is 38.1 Å². The number of carbonyl (C=O) groups excluding carboxylic acids is 1. The van der Waals surface area contributed by atoms with E-state index in [4.69, 9.17) is 0 Å². The lowest BCUT2D eigenvalue weighted by Crippen LogP contribution is -2.52. The van der Waals surface area contributed by atoms with Crippen molar-refractivity contribution in [1.82, 2.24) is 15.1 Å². The summed E-state index contributed by atoms with van der Waals surface area (Å²) < 4.78 is 75.8. The Morgan fingerprint density at radius 1 is 1.10 bits per heavy atom. The van der Waals surface area contributed by atoms with Crippen LogP contribution in [-0.4, -0.2) is 60.6 Å². The highest BCUT2D eigenvalue weighted by molar-refractivity contribution is 7.91. The van der Waals surface area contributed by atoms with Crippen LogP contribution in [-0.2, 0) is 20.8 Å². The summed E-state index contributed by atoms with van der Waals surface area (Å²) in [6.07, 6.45) is -4.12. The summed E-state index contributed by atoms with van der Waals surface area (Å²) in [4.78, 5) is 17.0. The maximum atomic E-state index is 13.7. The van der Waals surface area contributed by atoms with Crippen LogP contribution >= 0.6 is 22.7 Å². The van der Waals surface area contributed by atoms with E-state index in [1.807, 2.05) is 0 Å². The van der Waals surface area contributed by atoms with Gasteiger partial charge in [0.1, 0.15) is 9.84 Å². The summed E-state index contributed by atoms with van der Waals surface area (Å²) >= 11 is 1.30. The lowest BCUT2D eigenvalue weighted by atomic mass is 9.98. The first-order valence-corrected chi connectivity index (χ1v) is 12.9. The van der Waals surface area contributed by atoms with Gasteiger partial charge in [0, 0.05) is 30.4 Å². The number of hydrogen-bond acceptors (Lipinski definition) is 8. The summed E-state index contributed by atoms with van der Waals surface area (Å²) in [6, 6.07) is 2.26. The van der Waals surface area contributed by atoms with Crippen molar-refractivity contribution in [3.8, 4) is 0 Å². The minimum absolute atomic E-state index is 0.0489. The zero-order valence-corrected chi connectivity index (χ0v) is 18.5. The third-order valence-corrected chi connectivity index (χ3v) is 9.14. The van der Waals surface area contributed by atoms with Gasteiger partial charge in [0.25, 0.3) is 0 Å². The predicted octanol–water partition coefficient (Wildman–Crippen LogP) is 2.97. The van der Waals surface area contributed by atoms with Crippen LogP contribution in [0.4, 0.5) is 22.7 Å². The Labute approximate surface area is 183 Å². The van der Waals surface area contributed by atoms with E-state index in [9.17, 15) is 30.8 Å². The molecule has 31 heavy (non-hydrogen) atoms. The van der Waals surface area contributed by atoms with Crippen LogP contribution in [0.5, 0.6) is 0 Å². The quantitative estimate of drug-likeness (QED) is 0.605. The summed E-state index contributed by atoms with van der Waals surface area (Å²) in [6.45, 7) is 0.587. The van der Waals surface area contributed by atoms with Gasteiger partial charge in [-0.3, -0.25) is 4.79 Å². The van der Waals surface area contributed by atoms with Gasteiger partial charge in [0.15, 0.2) is 5.13 Å². The van der Waals surface area contributed by atoms with E-state index >= 15 is 0 Å². The van der Waals surface area contributed by atoms with Gasteiger partial charge in [0.05, 0.1) is 17.5 Å². The Balaban J connectivity index is 1.56. The van der Waals surface area contributed by atoms with E-state index in [2.05, 4.69) is 10.2 Å². The van der Waals surface area contributed by atoms with Gasteiger partial charge >= 0.3 is 6.18 Å². The predicted molar refractivity (Wildman–Crippen MR) is 107 cm³/mol. The molecule has 0 aromatic carbocycles. The van der Waals surface area contributed by atoms with Crippen LogP contribution in [0.2, 0.25) is 0 Å². The van der Waals surface area contributed by atoms with Gasteiger partial charge in [-0.2, -0.15) is 17.6 Å². The number of thiophene rings is 1. The Hall–Kier alpha value is -1.80. The Kier molecular flexibility index (Phi) is 5.98. The highest BCUT2D eigenvalue weighted by Crippen LogP contribution is 2.38. The van der Waals surface area contributed by atoms with E-state index in [1.165, 1.54) is 6.07 Å². The van der Waals surface area contributed by atoms with Gasteiger partial charge < -0.3 is 9.80 Å². The SMILES string of the molecule is O=C(C1CCS(=O)(=O)CC1)N1CCN(c2nnc(C(F)(F)F)s2)CC1c1ccc(F)s1. The molecule has 2 saturated heterocycles. The molecule has 170 valence electrons. The summed E-state index contributed by atoms with van der Waals surface area (Å²) in [7, 11) is -3.13. The average Bonchev–Trinajstić information content (AvgIpc) is 3.36. The number of rotatable bonds is 3. The summed E-state index contributed by atoms with van der Waals surface area (Å²) in [5.41, 5.74) is 0. The van der Waals surface area contributed by atoms with Crippen molar-refractivity contribution < 1.29 is 30.8 Å². The molecule has 2 aliphatic rings. The third-order valence-electron chi connectivity index (χ3n) is 5.42. The van der Waals surface area contributed by atoms with Crippen molar-refractivity contribution in [2.24, 2.45) is 5.92 Å². The number of hydrogen-bond donors (Lipinski definition) is 0. The van der Waals surface area contributed by atoms with Gasteiger partial charge in [0.2, 0.25) is 16.0 Å². The molecule has 2 aliphatic heterocycles. The Bertz CT molecular complexity index is 1050. The molecule has 7 nitrogen and oxygen atoms in total. The van der Waals surface area contributed by atoms with Gasteiger partial charge in [-0.05, 0) is 25.0 Å². The van der Waals surface area contributed by atoms with Crippen LogP contribution in [0.15, 0.2) is 12.1 Å². The van der Waals surface area contributed by atoms with Crippen LogP contribution in [0, 0.1) is 11.0 Å². The molecular weight excluding hydrogens is 480 g/mol. The first-order chi connectivity index (χ1) is 14.5. The number of sulfone groups is 1. The molecular formula is C17H18F4N4O3S3. The fraction of sp³-hybridized carbons (Fsp3) is 0.588. The van der Waals surface area contributed by atoms with E-state index in [-0.39, 0.29) is 55.0 Å². The average molecular weight is 499 g/mol. The Morgan fingerprint density at radius 2 is 1.81 bits per heavy atom. The molecule has 0 bridgehead atoms. The van der Waals surface area contributed by atoms with Crippen molar-refractivity contribution in [3.63, 3.8) is 0 Å². The standard InChI is InChI=1S/C17H18F4N4O3S3/c18-13-2-1-12(29-13)11-9-24(16-23-22-15(30-16)17(19,20)21)5-6-25(11)14(26)10-3-7-31(27,28)8-4-10/h1-2,10-11H,3-9H2. The maximum absolute atomic E-state index is 13.7. The number of halogens is 4. The first kappa shape index (κ1) is 22.4. The summed E-state index contributed by atoms with van der Waals surface area (Å²) in [5.74, 6) is -0.748. The van der Waals surface area contributed by atoms with Crippen molar-refractivity contribution in [2.75, 3.05) is 36.0 Å². The van der Waals surface area contributed by atoms with Crippen molar-refractivity contribution in [1.29, 1.82) is 0 Å².